The highest BCUT2D eigenvalue weighted by Crippen LogP contribution is 2.37. The minimum atomic E-state index is -0.824. The van der Waals surface area contributed by atoms with E-state index >= 15 is 0 Å². The summed E-state index contributed by atoms with van der Waals surface area (Å²) in [5.74, 6) is 0. The summed E-state index contributed by atoms with van der Waals surface area (Å²) in [4.78, 5) is 2.30. The number of rotatable bonds is 4. The summed E-state index contributed by atoms with van der Waals surface area (Å²) in [5.41, 5.74) is -0.0253. The van der Waals surface area contributed by atoms with Gasteiger partial charge in [-0.05, 0) is 31.5 Å². The molecule has 0 spiro atoms. The zero-order chi connectivity index (χ0) is 13.2. The van der Waals surface area contributed by atoms with Crippen LogP contribution in [0.3, 0.4) is 0 Å². The molecule has 0 aromatic heterocycles. The number of nitrogens with zero attached hydrogens (tertiary/aromatic N) is 1. The first-order chi connectivity index (χ1) is 8.55. The molecule has 1 atom stereocenters. The van der Waals surface area contributed by atoms with Gasteiger partial charge in [0, 0.05) is 28.7 Å². The lowest BCUT2D eigenvalue weighted by Crippen LogP contribution is -2.31. The van der Waals surface area contributed by atoms with Gasteiger partial charge in [-0.25, -0.2) is 0 Å². The number of benzene rings is 1. The number of unbranched alkanes of at least 4 members (excludes halogenated alkanes) is 1. The zero-order valence-corrected chi connectivity index (χ0v) is 12.1. The van der Waals surface area contributed by atoms with Crippen LogP contribution in [-0.2, 0) is 5.60 Å². The van der Waals surface area contributed by atoms with E-state index < -0.39 is 5.60 Å². The largest absolute Gasteiger partial charge is 0.384 e. The van der Waals surface area contributed by atoms with Crippen LogP contribution in [0, 0.1) is 0 Å². The van der Waals surface area contributed by atoms with E-state index in [2.05, 4.69) is 11.8 Å². The quantitative estimate of drug-likeness (QED) is 0.913. The Hall–Kier alpha value is -0.280. The molecule has 100 valence electrons. The molecule has 1 heterocycles. The third kappa shape index (κ3) is 3.00. The molecule has 1 aliphatic rings. The summed E-state index contributed by atoms with van der Waals surface area (Å²) in [6.45, 7) is 4.81. The van der Waals surface area contributed by atoms with Crippen LogP contribution in [0.4, 0.5) is 0 Å². The third-order valence-electron chi connectivity index (χ3n) is 3.59. The van der Waals surface area contributed by atoms with E-state index in [0.29, 0.717) is 16.6 Å². The highest BCUT2D eigenvalue weighted by atomic mass is 35.5. The molecule has 1 unspecified atom stereocenters. The van der Waals surface area contributed by atoms with Gasteiger partial charge in [-0.1, -0.05) is 42.6 Å². The van der Waals surface area contributed by atoms with Crippen LogP contribution in [-0.4, -0.2) is 29.6 Å². The van der Waals surface area contributed by atoms with Gasteiger partial charge < -0.3 is 10.0 Å². The molecule has 1 N–H and O–H groups in total. The van der Waals surface area contributed by atoms with Crippen molar-refractivity contribution in [3.05, 3.63) is 33.8 Å². The standard InChI is InChI=1S/C14H19Cl2NO/c1-2-3-7-17-8-6-14(18,10-17)12-5-4-11(15)9-13(12)16/h4-5,9,18H,2-3,6-8,10H2,1H3. The van der Waals surface area contributed by atoms with Crippen molar-refractivity contribution < 1.29 is 5.11 Å². The van der Waals surface area contributed by atoms with Gasteiger partial charge in [-0.2, -0.15) is 0 Å². The van der Waals surface area contributed by atoms with Crippen molar-refractivity contribution in [3.8, 4) is 0 Å². The number of halogens is 2. The van der Waals surface area contributed by atoms with E-state index in [9.17, 15) is 5.11 Å². The van der Waals surface area contributed by atoms with E-state index in [0.717, 1.165) is 25.1 Å². The molecule has 0 aliphatic carbocycles. The highest BCUT2D eigenvalue weighted by Gasteiger charge is 2.38. The van der Waals surface area contributed by atoms with Crippen LogP contribution in [0.1, 0.15) is 31.7 Å². The molecule has 1 aromatic rings. The first-order valence-corrected chi connectivity index (χ1v) is 7.21. The minimum Gasteiger partial charge on any atom is -0.384 e. The van der Waals surface area contributed by atoms with Crippen LogP contribution in [0.5, 0.6) is 0 Å². The van der Waals surface area contributed by atoms with Crippen molar-refractivity contribution in [1.29, 1.82) is 0 Å². The smallest absolute Gasteiger partial charge is 0.105 e. The molecule has 0 saturated carbocycles. The van der Waals surface area contributed by atoms with Crippen molar-refractivity contribution >= 4 is 23.2 Å². The Kier molecular flexibility index (Phi) is 4.54. The lowest BCUT2D eigenvalue weighted by atomic mass is 9.93. The van der Waals surface area contributed by atoms with Gasteiger partial charge >= 0.3 is 0 Å². The maximum atomic E-state index is 10.7. The van der Waals surface area contributed by atoms with Crippen molar-refractivity contribution in [2.75, 3.05) is 19.6 Å². The van der Waals surface area contributed by atoms with Crippen molar-refractivity contribution in [2.24, 2.45) is 0 Å². The summed E-state index contributed by atoms with van der Waals surface area (Å²) in [6, 6.07) is 5.33. The highest BCUT2D eigenvalue weighted by molar-refractivity contribution is 6.35. The molecule has 18 heavy (non-hydrogen) atoms. The molecule has 1 aromatic carbocycles. The van der Waals surface area contributed by atoms with Gasteiger partial charge in [0.1, 0.15) is 5.60 Å². The van der Waals surface area contributed by atoms with Gasteiger partial charge in [0.2, 0.25) is 0 Å². The van der Waals surface area contributed by atoms with E-state index in [4.69, 9.17) is 23.2 Å². The number of β-amino-alcohol motifs (C(OH)–C–C–N with tert-alkyl or cyclic N) is 1. The molecule has 4 heteroatoms. The summed E-state index contributed by atoms with van der Waals surface area (Å²) in [7, 11) is 0. The average Bonchev–Trinajstić information content (AvgIpc) is 2.69. The number of hydrogen-bond donors (Lipinski definition) is 1. The SMILES string of the molecule is CCCCN1CCC(O)(c2ccc(Cl)cc2Cl)C1. The van der Waals surface area contributed by atoms with Gasteiger partial charge in [-0.15, -0.1) is 0 Å². The Morgan fingerprint density at radius 2 is 2.17 bits per heavy atom. The van der Waals surface area contributed by atoms with E-state index in [1.165, 1.54) is 12.8 Å². The molecule has 1 saturated heterocycles. The molecule has 1 fully saturated rings. The minimum absolute atomic E-state index is 0.558. The first-order valence-electron chi connectivity index (χ1n) is 6.45. The van der Waals surface area contributed by atoms with Crippen LogP contribution < -0.4 is 0 Å². The Morgan fingerprint density at radius 1 is 1.39 bits per heavy atom. The predicted octanol–water partition coefficient (Wildman–Crippen LogP) is 3.69. The van der Waals surface area contributed by atoms with Gasteiger partial charge in [0.15, 0.2) is 0 Å². The van der Waals surface area contributed by atoms with Gasteiger partial charge in [0.25, 0.3) is 0 Å². The lowest BCUT2D eigenvalue weighted by Gasteiger charge is -2.25. The van der Waals surface area contributed by atoms with Crippen LogP contribution >= 0.6 is 23.2 Å². The van der Waals surface area contributed by atoms with Gasteiger partial charge in [-0.3, -0.25) is 0 Å². The second kappa shape index (κ2) is 5.79. The summed E-state index contributed by atoms with van der Waals surface area (Å²) < 4.78 is 0. The molecule has 0 bridgehead atoms. The molecule has 0 amide bonds. The molecular formula is C14H19Cl2NO. The fourth-order valence-corrected chi connectivity index (χ4v) is 3.11. The van der Waals surface area contributed by atoms with Crippen LogP contribution in [0.2, 0.25) is 10.0 Å². The lowest BCUT2D eigenvalue weighted by molar-refractivity contribution is 0.0461. The zero-order valence-electron chi connectivity index (χ0n) is 10.6. The molecule has 2 nitrogen and oxygen atoms in total. The maximum Gasteiger partial charge on any atom is 0.105 e. The number of hydrogen-bond acceptors (Lipinski definition) is 2. The third-order valence-corrected chi connectivity index (χ3v) is 4.13. The average molecular weight is 288 g/mol. The van der Waals surface area contributed by atoms with Gasteiger partial charge in [0.05, 0.1) is 0 Å². The molecule has 0 radical (unpaired) electrons. The Bertz CT molecular complexity index is 424. The van der Waals surface area contributed by atoms with Crippen molar-refractivity contribution in [3.63, 3.8) is 0 Å². The number of aliphatic hydroxyl groups is 1. The van der Waals surface area contributed by atoms with E-state index in [-0.39, 0.29) is 0 Å². The second-order valence-electron chi connectivity index (χ2n) is 5.04. The fourth-order valence-electron chi connectivity index (χ4n) is 2.53. The van der Waals surface area contributed by atoms with Crippen molar-refractivity contribution in [2.45, 2.75) is 31.8 Å². The topological polar surface area (TPSA) is 23.5 Å². The summed E-state index contributed by atoms with van der Waals surface area (Å²) in [6.07, 6.45) is 3.08. The molecular weight excluding hydrogens is 269 g/mol. The number of likely N-dealkylation sites (tertiary alicyclic amines) is 1. The summed E-state index contributed by atoms with van der Waals surface area (Å²) in [5, 5.41) is 11.9. The van der Waals surface area contributed by atoms with E-state index in [1.807, 2.05) is 6.07 Å². The Labute approximate surface area is 119 Å². The predicted molar refractivity (Wildman–Crippen MR) is 76.3 cm³/mol. The Morgan fingerprint density at radius 3 is 2.83 bits per heavy atom. The molecule has 1 aliphatic heterocycles. The molecule has 2 rings (SSSR count). The van der Waals surface area contributed by atoms with E-state index in [1.54, 1.807) is 12.1 Å². The first kappa shape index (κ1) is 14.1. The normalized spacial score (nSPS) is 24.7. The van der Waals surface area contributed by atoms with Crippen LogP contribution in [0.15, 0.2) is 18.2 Å². The second-order valence-corrected chi connectivity index (χ2v) is 5.88. The summed E-state index contributed by atoms with van der Waals surface area (Å²) >= 11 is 12.1. The fraction of sp³-hybridized carbons (Fsp3) is 0.571. The van der Waals surface area contributed by atoms with Crippen molar-refractivity contribution in [1.82, 2.24) is 4.90 Å². The maximum absolute atomic E-state index is 10.7. The Balaban J connectivity index is 2.12. The van der Waals surface area contributed by atoms with Crippen LogP contribution in [0.25, 0.3) is 0 Å². The monoisotopic (exact) mass is 287 g/mol.